The average Bonchev–Trinajstić information content (AvgIpc) is 2.99. The Labute approximate surface area is 125 Å². The number of carbonyl (C=O) groups is 1. The Morgan fingerprint density at radius 1 is 1.52 bits per heavy atom. The first-order valence-corrected chi connectivity index (χ1v) is 7.61. The Hall–Kier alpha value is -1.69. The Morgan fingerprint density at radius 2 is 2.33 bits per heavy atom. The van der Waals surface area contributed by atoms with E-state index in [0.29, 0.717) is 36.3 Å². The van der Waals surface area contributed by atoms with Crippen LogP contribution in [0.4, 0.5) is 0 Å². The summed E-state index contributed by atoms with van der Waals surface area (Å²) in [6, 6.07) is 0.431. The van der Waals surface area contributed by atoms with Gasteiger partial charge in [0.05, 0.1) is 7.11 Å². The van der Waals surface area contributed by atoms with E-state index in [1.807, 2.05) is 6.92 Å². The van der Waals surface area contributed by atoms with Crippen molar-refractivity contribution in [3.8, 4) is 5.88 Å². The van der Waals surface area contributed by atoms with Crippen LogP contribution in [0.1, 0.15) is 42.9 Å². The summed E-state index contributed by atoms with van der Waals surface area (Å²) in [6.07, 6.45) is 4.60. The second kappa shape index (κ2) is 7.36. The number of nitrogens with zero attached hydrogens (tertiary/aromatic N) is 3. The van der Waals surface area contributed by atoms with Crippen molar-refractivity contribution in [2.24, 2.45) is 0 Å². The number of likely N-dealkylation sites (tertiary alicyclic amines) is 1. The molecule has 21 heavy (non-hydrogen) atoms. The third-order valence-electron chi connectivity index (χ3n) is 3.96. The zero-order chi connectivity index (χ0) is 15.2. The van der Waals surface area contributed by atoms with Gasteiger partial charge < -0.3 is 10.1 Å². The number of nitrogens with one attached hydrogen (secondary N) is 1. The smallest absolute Gasteiger partial charge is 0.258 e. The fourth-order valence-electron chi connectivity index (χ4n) is 2.73. The second-order valence-electron chi connectivity index (χ2n) is 5.20. The fourth-order valence-corrected chi connectivity index (χ4v) is 2.73. The highest BCUT2D eigenvalue weighted by Gasteiger charge is 2.24. The Kier molecular flexibility index (Phi) is 5.50. The molecule has 1 atom stereocenters. The number of hydrogen-bond acceptors (Lipinski definition) is 5. The normalized spacial score (nSPS) is 18.7. The highest BCUT2D eigenvalue weighted by atomic mass is 16.5. The second-order valence-corrected chi connectivity index (χ2v) is 5.20. The molecule has 1 N–H and O–H groups in total. The van der Waals surface area contributed by atoms with Gasteiger partial charge in [0.15, 0.2) is 0 Å². The summed E-state index contributed by atoms with van der Waals surface area (Å²) >= 11 is 0. The molecule has 0 bridgehead atoms. The number of aryl methyl sites for hydroxylation is 1. The van der Waals surface area contributed by atoms with Gasteiger partial charge in [-0.2, -0.15) is 4.98 Å². The zero-order valence-electron chi connectivity index (χ0n) is 13.1. The summed E-state index contributed by atoms with van der Waals surface area (Å²) in [5.74, 6) is 0.854. The number of likely N-dealkylation sites (N-methyl/N-ethyl adjacent to an activating group) is 1. The van der Waals surface area contributed by atoms with E-state index in [9.17, 15) is 4.79 Å². The lowest BCUT2D eigenvalue weighted by Crippen LogP contribution is -2.40. The van der Waals surface area contributed by atoms with E-state index < -0.39 is 0 Å². The highest BCUT2D eigenvalue weighted by molar-refractivity contribution is 5.96. The maximum atomic E-state index is 12.3. The van der Waals surface area contributed by atoms with Gasteiger partial charge in [0.25, 0.3) is 5.91 Å². The first-order valence-electron chi connectivity index (χ1n) is 7.61. The molecule has 2 rings (SSSR count). The third kappa shape index (κ3) is 3.69. The molecule has 1 aliphatic rings. The molecule has 0 spiro atoms. The van der Waals surface area contributed by atoms with Crippen LogP contribution >= 0.6 is 0 Å². The predicted molar refractivity (Wildman–Crippen MR) is 80.6 cm³/mol. The minimum Gasteiger partial charge on any atom is -0.480 e. The number of methoxy groups -OCH3 is 1. The van der Waals surface area contributed by atoms with Gasteiger partial charge in [-0.3, -0.25) is 9.69 Å². The molecular formula is C15H24N4O2. The summed E-state index contributed by atoms with van der Waals surface area (Å²) < 4.78 is 5.20. The van der Waals surface area contributed by atoms with Crippen LogP contribution in [-0.2, 0) is 6.42 Å². The van der Waals surface area contributed by atoms with Gasteiger partial charge in [0.2, 0.25) is 5.88 Å². The molecule has 1 aromatic rings. The Balaban J connectivity index is 2.00. The van der Waals surface area contributed by atoms with E-state index in [4.69, 9.17) is 4.74 Å². The van der Waals surface area contributed by atoms with Crippen molar-refractivity contribution in [2.45, 2.75) is 39.2 Å². The summed E-state index contributed by atoms with van der Waals surface area (Å²) in [5, 5.41) is 2.98. The monoisotopic (exact) mass is 292 g/mol. The van der Waals surface area contributed by atoms with Gasteiger partial charge in [-0.05, 0) is 25.9 Å². The molecule has 116 valence electrons. The Bertz CT molecular complexity index is 493. The molecule has 1 amide bonds. The van der Waals surface area contributed by atoms with Gasteiger partial charge in [-0.25, -0.2) is 4.98 Å². The molecular weight excluding hydrogens is 268 g/mol. The molecule has 0 aliphatic carbocycles. The zero-order valence-corrected chi connectivity index (χ0v) is 13.1. The third-order valence-corrected chi connectivity index (χ3v) is 3.96. The van der Waals surface area contributed by atoms with Crippen molar-refractivity contribution >= 4 is 5.91 Å². The molecule has 1 aromatic heterocycles. The van der Waals surface area contributed by atoms with E-state index in [1.165, 1.54) is 13.5 Å². The summed E-state index contributed by atoms with van der Waals surface area (Å²) in [7, 11) is 1.52. The highest BCUT2D eigenvalue weighted by Crippen LogP contribution is 2.17. The molecule has 2 heterocycles. The molecule has 6 nitrogen and oxygen atoms in total. The molecule has 0 aromatic carbocycles. The van der Waals surface area contributed by atoms with E-state index in [1.54, 1.807) is 6.20 Å². The van der Waals surface area contributed by atoms with Crippen LogP contribution in [0.25, 0.3) is 0 Å². The largest absolute Gasteiger partial charge is 0.480 e. The lowest BCUT2D eigenvalue weighted by atomic mass is 10.2. The predicted octanol–water partition coefficient (Wildman–Crippen LogP) is 1.26. The number of hydrogen-bond donors (Lipinski definition) is 1. The van der Waals surface area contributed by atoms with E-state index in [2.05, 4.69) is 27.1 Å². The molecule has 1 saturated heterocycles. The standard InChI is InChI=1S/C15H24N4O2/c1-4-13-16-10-12(15(18-13)21-3)14(20)17-9-11-7-6-8-19(11)5-2/h10-11H,4-9H2,1-3H3,(H,17,20). The minimum absolute atomic E-state index is 0.169. The van der Waals surface area contributed by atoms with Crippen LogP contribution in [-0.4, -0.2) is 53.6 Å². The quantitative estimate of drug-likeness (QED) is 0.855. The molecule has 0 saturated carbocycles. The maximum absolute atomic E-state index is 12.3. The molecule has 6 heteroatoms. The molecule has 1 unspecified atom stereocenters. The SMILES string of the molecule is CCc1ncc(C(=O)NCC2CCCN2CC)c(OC)n1. The molecule has 0 radical (unpaired) electrons. The van der Waals surface area contributed by atoms with Crippen molar-refractivity contribution < 1.29 is 9.53 Å². The summed E-state index contributed by atoms with van der Waals surface area (Å²) in [5.41, 5.74) is 0.399. The van der Waals surface area contributed by atoms with Crippen LogP contribution in [0.5, 0.6) is 5.88 Å². The maximum Gasteiger partial charge on any atom is 0.258 e. The number of ether oxygens (including phenoxy) is 1. The number of amides is 1. The van der Waals surface area contributed by atoms with Crippen molar-refractivity contribution in [1.29, 1.82) is 0 Å². The minimum atomic E-state index is -0.169. The van der Waals surface area contributed by atoms with E-state index in [0.717, 1.165) is 19.5 Å². The van der Waals surface area contributed by atoms with E-state index >= 15 is 0 Å². The van der Waals surface area contributed by atoms with Gasteiger partial charge in [0.1, 0.15) is 11.4 Å². The van der Waals surface area contributed by atoms with Crippen molar-refractivity contribution in [2.75, 3.05) is 26.7 Å². The molecule has 1 aliphatic heterocycles. The van der Waals surface area contributed by atoms with Crippen molar-refractivity contribution in [1.82, 2.24) is 20.2 Å². The van der Waals surface area contributed by atoms with Gasteiger partial charge in [0, 0.05) is 25.2 Å². The van der Waals surface area contributed by atoms with Gasteiger partial charge in [-0.1, -0.05) is 13.8 Å². The van der Waals surface area contributed by atoms with Gasteiger partial charge >= 0.3 is 0 Å². The van der Waals surface area contributed by atoms with Gasteiger partial charge in [-0.15, -0.1) is 0 Å². The molecule has 1 fully saturated rings. The first-order chi connectivity index (χ1) is 10.2. The summed E-state index contributed by atoms with van der Waals surface area (Å²) in [4.78, 5) is 23.1. The van der Waals surface area contributed by atoms with Crippen LogP contribution in [0.3, 0.4) is 0 Å². The average molecular weight is 292 g/mol. The topological polar surface area (TPSA) is 67.4 Å². The lowest BCUT2D eigenvalue weighted by Gasteiger charge is -2.22. The number of carbonyl (C=O) groups excluding carboxylic acids is 1. The Morgan fingerprint density at radius 3 is 3.00 bits per heavy atom. The number of aromatic nitrogens is 2. The number of rotatable bonds is 6. The first kappa shape index (κ1) is 15.7. The van der Waals surface area contributed by atoms with Crippen LogP contribution in [0.15, 0.2) is 6.20 Å². The fraction of sp³-hybridized carbons (Fsp3) is 0.667. The van der Waals surface area contributed by atoms with E-state index in [-0.39, 0.29) is 5.91 Å². The van der Waals surface area contributed by atoms with Crippen molar-refractivity contribution in [3.63, 3.8) is 0 Å². The van der Waals surface area contributed by atoms with Crippen molar-refractivity contribution in [3.05, 3.63) is 17.6 Å². The van der Waals surface area contributed by atoms with Crippen LogP contribution in [0.2, 0.25) is 0 Å². The lowest BCUT2D eigenvalue weighted by molar-refractivity contribution is 0.0937. The van der Waals surface area contributed by atoms with Crippen LogP contribution in [0, 0.1) is 0 Å². The van der Waals surface area contributed by atoms with Crippen LogP contribution < -0.4 is 10.1 Å². The summed E-state index contributed by atoms with van der Waals surface area (Å²) in [6.45, 7) is 6.92.